The summed E-state index contributed by atoms with van der Waals surface area (Å²) in [6.07, 6.45) is -1.07. The summed E-state index contributed by atoms with van der Waals surface area (Å²) in [5.74, 6) is -0.579. The number of hydrogen-bond donors (Lipinski definition) is 4. The topological polar surface area (TPSA) is 136 Å². The zero-order valence-corrected chi connectivity index (χ0v) is 30.1. The summed E-state index contributed by atoms with van der Waals surface area (Å²) in [5, 5.41) is 11.4. The highest BCUT2D eigenvalue weighted by molar-refractivity contribution is 6.47. The number of amides is 3. The van der Waals surface area contributed by atoms with Crippen molar-refractivity contribution in [3.8, 4) is 0 Å². The summed E-state index contributed by atoms with van der Waals surface area (Å²) in [6.45, 7) is 10.0. The van der Waals surface area contributed by atoms with Gasteiger partial charge in [-0.1, -0.05) is 32.9 Å². The highest BCUT2D eigenvalue weighted by Gasteiger charge is 2.67. The van der Waals surface area contributed by atoms with Gasteiger partial charge in [-0.2, -0.15) is 13.2 Å². The maximum Gasteiger partial charge on any atom is 0.481 e. The van der Waals surface area contributed by atoms with E-state index in [9.17, 15) is 31.9 Å². The number of nitrogens with zero attached hydrogens (tertiary/aromatic N) is 2. The van der Waals surface area contributed by atoms with Crippen LogP contribution in [0.25, 0.3) is 0 Å². The van der Waals surface area contributed by atoms with Gasteiger partial charge in [0.25, 0.3) is 5.56 Å². The second kappa shape index (κ2) is 13.1. The van der Waals surface area contributed by atoms with Gasteiger partial charge in [-0.25, -0.2) is 14.2 Å². The number of carbonyl (C=O) groups excluding carboxylic acids is 2. The highest BCUT2D eigenvalue weighted by atomic mass is 19.4. The van der Waals surface area contributed by atoms with E-state index in [1.54, 1.807) is 6.92 Å². The molecule has 0 radical (unpaired) electrons. The van der Waals surface area contributed by atoms with Crippen molar-refractivity contribution in [2.24, 2.45) is 17.3 Å². The summed E-state index contributed by atoms with van der Waals surface area (Å²) in [6, 6.07) is 8.07. The SMILES string of the molecule is CC[C@H](NC(=O)[C@@H]1C[C@@](C)(NC(=O)Nc2ccc(F)cc2)c2ncc(NCc3cccc(C(F)(F)F)c3)c(=O)n21)B1OC2C3CC(C[C@]2(C)O1)C3(C)C. The zero-order chi connectivity index (χ0) is 38.1. The van der Waals surface area contributed by atoms with Crippen LogP contribution in [0.1, 0.15) is 83.3 Å². The summed E-state index contributed by atoms with van der Waals surface area (Å²) in [5.41, 5.74) is -2.59. The van der Waals surface area contributed by atoms with Gasteiger partial charge >= 0.3 is 19.3 Å². The first-order valence-electron chi connectivity index (χ1n) is 17.9. The molecule has 11 nitrogen and oxygen atoms in total. The molecule has 8 rings (SSSR count). The average molecular weight is 739 g/mol. The van der Waals surface area contributed by atoms with Crippen LogP contribution in [0.2, 0.25) is 0 Å². The molecule has 1 aromatic heterocycles. The number of benzene rings is 2. The maximum absolute atomic E-state index is 14.3. The standard InChI is InChI=1S/C37H43BF4N6O5/c1-6-28(38-52-29-25-15-22(34(25,2)3)16-36(29,5)53-38)46-30(49)27-17-35(4,47-33(51)45-24-12-10-23(39)11-13-24)32-44-19-26(31(50)48(27)32)43-18-20-8-7-9-21(14-20)37(40,41)42/h7-14,19,22,25,27-29,43H,6,15-18H2,1-5H3,(H,46,49)(H2,45,47,51)/t22?,25?,27-,28-,29?,35+,36-/m0/s1. The molecule has 3 heterocycles. The lowest BCUT2D eigenvalue weighted by atomic mass is 9.45. The number of rotatable bonds is 9. The molecule has 3 aromatic rings. The van der Waals surface area contributed by atoms with Gasteiger partial charge in [0.05, 0.1) is 34.9 Å². The Morgan fingerprint density at radius 3 is 2.51 bits per heavy atom. The van der Waals surface area contributed by atoms with E-state index < -0.39 is 65.3 Å². The van der Waals surface area contributed by atoms with Gasteiger partial charge < -0.3 is 30.6 Å². The number of urea groups is 1. The maximum atomic E-state index is 14.3. The molecule has 3 saturated carbocycles. The summed E-state index contributed by atoms with van der Waals surface area (Å²) in [4.78, 5) is 46.1. The predicted octanol–water partition coefficient (Wildman–Crippen LogP) is 6.16. The van der Waals surface area contributed by atoms with Crippen LogP contribution in [0, 0.1) is 23.1 Å². The van der Waals surface area contributed by atoms with Crippen molar-refractivity contribution in [3.05, 3.63) is 87.9 Å². The third-order valence-electron chi connectivity index (χ3n) is 11.9. The van der Waals surface area contributed by atoms with Crippen LogP contribution in [0.4, 0.5) is 33.7 Å². The Morgan fingerprint density at radius 2 is 1.83 bits per heavy atom. The van der Waals surface area contributed by atoms with E-state index in [0.29, 0.717) is 23.9 Å². The molecule has 7 atom stereocenters. The number of carbonyl (C=O) groups is 2. The molecule has 5 aliphatic rings. The normalized spacial score (nSPS) is 28.7. The summed E-state index contributed by atoms with van der Waals surface area (Å²) >= 11 is 0. The lowest BCUT2D eigenvalue weighted by Gasteiger charge is -2.63. The van der Waals surface area contributed by atoms with E-state index >= 15 is 0 Å². The van der Waals surface area contributed by atoms with E-state index in [1.165, 1.54) is 47.2 Å². The molecule has 282 valence electrons. The number of halogens is 4. The molecule has 53 heavy (non-hydrogen) atoms. The minimum Gasteiger partial charge on any atom is -0.404 e. The van der Waals surface area contributed by atoms with E-state index in [-0.39, 0.29) is 41.6 Å². The molecular formula is C37H43BF4N6O5. The smallest absolute Gasteiger partial charge is 0.404 e. The molecule has 4 N–H and O–H groups in total. The number of aromatic nitrogens is 2. The Kier molecular flexibility index (Phi) is 9.16. The van der Waals surface area contributed by atoms with Crippen molar-refractivity contribution in [1.29, 1.82) is 0 Å². The van der Waals surface area contributed by atoms with Gasteiger partial charge in [-0.3, -0.25) is 14.2 Å². The van der Waals surface area contributed by atoms with Gasteiger partial charge in [-0.15, -0.1) is 0 Å². The van der Waals surface area contributed by atoms with Crippen LogP contribution >= 0.6 is 0 Å². The number of nitrogens with one attached hydrogen (secondary N) is 4. The first kappa shape index (κ1) is 36.9. The lowest BCUT2D eigenvalue weighted by molar-refractivity contribution is -0.185. The quantitative estimate of drug-likeness (QED) is 0.153. The van der Waals surface area contributed by atoms with Crippen molar-refractivity contribution in [1.82, 2.24) is 20.2 Å². The van der Waals surface area contributed by atoms with E-state index in [4.69, 9.17) is 9.31 Å². The van der Waals surface area contributed by atoms with Gasteiger partial charge in [0.2, 0.25) is 5.91 Å². The fourth-order valence-corrected chi connectivity index (χ4v) is 8.73. The van der Waals surface area contributed by atoms with Gasteiger partial charge in [0, 0.05) is 18.7 Å². The molecule has 16 heteroatoms. The summed E-state index contributed by atoms with van der Waals surface area (Å²) in [7, 11) is -0.712. The summed E-state index contributed by atoms with van der Waals surface area (Å²) < 4.78 is 67.8. The van der Waals surface area contributed by atoms with Crippen LogP contribution < -0.4 is 26.8 Å². The molecule has 2 aliphatic heterocycles. The largest absolute Gasteiger partial charge is 0.481 e. The van der Waals surface area contributed by atoms with E-state index in [2.05, 4.69) is 47.0 Å². The van der Waals surface area contributed by atoms with Crippen molar-refractivity contribution < 1.29 is 36.5 Å². The Bertz CT molecular complexity index is 1980. The molecule has 2 aromatic carbocycles. The minimum atomic E-state index is -4.54. The van der Waals surface area contributed by atoms with Crippen LogP contribution in [0.5, 0.6) is 0 Å². The third kappa shape index (κ3) is 6.68. The van der Waals surface area contributed by atoms with E-state index in [0.717, 1.165) is 25.0 Å². The molecule has 0 spiro atoms. The second-order valence-electron chi connectivity index (χ2n) is 15.8. The monoisotopic (exact) mass is 738 g/mol. The Balaban J connectivity index is 1.14. The Hall–Kier alpha value is -4.44. The van der Waals surface area contributed by atoms with Crippen molar-refractivity contribution >= 4 is 30.4 Å². The number of hydrogen-bond acceptors (Lipinski definition) is 7. The average Bonchev–Trinajstić information content (AvgIpc) is 3.61. The second-order valence-corrected chi connectivity index (χ2v) is 15.8. The van der Waals surface area contributed by atoms with Crippen molar-refractivity contribution in [3.63, 3.8) is 0 Å². The Morgan fingerprint density at radius 1 is 1.09 bits per heavy atom. The number of alkyl halides is 3. The van der Waals surface area contributed by atoms with Gasteiger partial charge in [0.1, 0.15) is 23.4 Å². The lowest BCUT2D eigenvalue weighted by Crippen LogP contribution is -2.63. The van der Waals surface area contributed by atoms with Crippen LogP contribution in [0.15, 0.2) is 59.5 Å². The molecule has 3 aliphatic carbocycles. The molecule has 3 unspecified atom stereocenters. The number of fused-ring (bicyclic) bond motifs is 1. The van der Waals surface area contributed by atoms with Crippen LogP contribution in [0.3, 0.4) is 0 Å². The Labute approximate surface area is 304 Å². The highest BCUT2D eigenvalue weighted by Crippen LogP contribution is 2.64. The van der Waals surface area contributed by atoms with Gasteiger partial charge in [0.15, 0.2) is 0 Å². The van der Waals surface area contributed by atoms with Crippen LogP contribution in [-0.2, 0) is 32.4 Å². The third-order valence-corrected chi connectivity index (χ3v) is 11.9. The fourth-order valence-electron chi connectivity index (χ4n) is 8.73. The molecule has 2 bridgehead atoms. The predicted molar refractivity (Wildman–Crippen MR) is 189 cm³/mol. The number of anilines is 2. The first-order chi connectivity index (χ1) is 24.9. The molecule has 1 saturated heterocycles. The minimum absolute atomic E-state index is 0.0444. The van der Waals surface area contributed by atoms with Gasteiger partial charge in [-0.05, 0) is 92.3 Å². The first-order valence-corrected chi connectivity index (χ1v) is 17.9. The molecule has 3 amide bonds. The van der Waals surface area contributed by atoms with Crippen molar-refractivity contribution in [2.75, 3.05) is 10.6 Å². The molecule has 4 fully saturated rings. The fraction of sp³-hybridized carbons (Fsp3) is 0.514. The zero-order valence-electron chi connectivity index (χ0n) is 30.1. The molecular weight excluding hydrogens is 695 g/mol. The van der Waals surface area contributed by atoms with Crippen LogP contribution in [-0.4, -0.2) is 46.3 Å². The van der Waals surface area contributed by atoms with Crippen molar-refractivity contribution in [2.45, 2.75) is 102 Å². The van der Waals surface area contributed by atoms with E-state index in [1.807, 2.05) is 6.92 Å².